The van der Waals surface area contributed by atoms with Gasteiger partial charge in [-0.2, -0.15) is 9.35 Å². The Morgan fingerprint density at radius 3 is 2.54 bits per heavy atom. The zero-order chi connectivity index (χ0) is 17.2. The fourth-order valence-corrected chi connectivity index (χ4v) is 3.55. The quantitative estimate of drug-likeness (QED) is 0.722. The maximum Gasteiger partial charge on any atom is 0.223 e. The molecule has 124 valence electrons. The number of halogens is 1. The van der Waals surface area contributed by atoms with Crippen LogP contribution in [0.5, 0.6) is 0 Å². The van der Waals surface area contributed by atoms with Crippen molar-refractivity contribution in [1.82, 2.24) is 15.1 Å². The normalized spacial score (nSPS) is 13.5. The summed E-state index contributed by atoms with van der Waals surface area (Å²) < 4.78 is 34.7. The Hall–Kier alpha value is -2.61. The average Bonchev–Trinajstić information content (AvgIpc) is 2.96. The summed E-state index contributed by atoms with van der Waals surface area (Å²) in [6, 6.07) is 9.28. The molecule has 1 atom stereocenters. The SMILES string of the molecule is Cc1nc(-c2ccc(N=S(C)(=O)Cc3ccc(F)cc3)cn2)no1. The molecule has 0 bridgehead atoms. The number of nitrogens with zero attached hydrogens (tertiary/aromatic N) is 4. The van der Waals surface area contributed by atoms with Gasteiger partial charge in [0.1, 0.15) is 11.5 Å². The van der Waals surface area contributed by atoms with E-state index in [1.54, 1.807) is 37.4 Å². The maximum absolute atomic E-state index is 12.9. The van der Waals surface area contributed by atoms with E-state index in [2.05, 4.69) is 19.5 Å². The van der Waals surface area contributed by atoms with E-state index in [1.165, 1.54) is 18.3 Å². The van der Waals surface area contributed by atoms with Gasteiger partial charge in [0.05, 0.1) is 27.4 Å². The molecule has 0 saturated heterocycles. The van der Waals surface area contributed by atoms with Gasteiger partial charge in [-0.1, -0.05) is 17.3 Å². The van der Waals surface area contributed by atoms with Crippen LogP contribution in [-0.2, 0) is 15.5 Å². The highest BCUT2D eigenvalue weighted by Gasteiger charge is 2.08. The van der Waals surface area contributed by atoms with Gasteiger partial charge in [-0.3, -0.25) is 4.98 Å². The summed E-state index contributed by atoms with van der Waals surface area (Å²) in [6.45, 7) is 1.70. The summed E-state index contributed by atoms with van der Waals surface area (Å²) in [4.78, 5) is 8.30. The highest BCUT2D eigenvalue weighted by atomic mass is 32.2. The number of rotatable bonds is 4. The van der Waals surface area contributed by atoms with E-state index < -0.39 is 9.73 Å². The fraction of sp³-hybridized carbons (Fsp3) is 0.188. The highest BCUT2D eigenvalue weighted by molar-refractivity contribution is 7.92. The monoisotopic (exact) mass is 346 g/mol. The molecule has 3 aromatic rings. The lowest BCUT2D eigenvalue weighted by Crippen LogP contribution is -2.00. The average molecular weight is 346 g/mol. The molecular weight excluding hydrogens is 331 g/mol. The van der Waals surface area contributed by atoms with Crippen molar-refractivity contribution in [3.63, 3.8) is 0 Å². The Bertz CT molecular complexity index is 959. The van der Waals surface area contributed by atoms with E-state index in [-0.39, 0.29) is 11.6 Å². The summed E-state index contributed by atoms with van der Waals surface area (Å²) >= 11 is 0. The molecule has 0 N–H and O–H groups in total. The molecule has 6 nitrogen and oxygen atoms in total. The summed E-state index contributed by atoms with van der Waals surface area (Å²) in [5.74, 6) is 0.757. The van der Waals surface area contributed by atoms with Gasteiger partial charge in [0.15, 0.2) is 0 Å². The third-order valence-corrected chi connectivity index (χ3v) is 4.62. The van der Waals surface area contributed by atoms with Crippen molar-refractivity contribution in [2.24, 2.45) is 4.36 Å². The number of hydrogen-bond acceptors (Lipinski definition) is 6. The molecule has 0 aliphatic carbocycles. The van der Waals surface area contributed by atoms with Crippen LogP contribution < -0.4 is 0 Å². The second-order valence-electron chi connectivity index (χ2n) is 5.36. The van der Waals surface area contributed by atoms with Gasteiger partial charge in [-0.25, -0.2) is 8.60 Å². The van der Waals surface area contributed by atoms with Gasteiger partial charge in [-0.15, -0.1) is 0 Å². The Labute approximate surface area is 138 Å². The summed E-state index contributed by atoms with van der Waals surface area (Å²) in [5.41, 5.74) is 1.81. The first kappa shape index (κ1) is 16.3. The largest absolute Gasteiger partial charge is 0.339 e. The van der Waals surface area contributed by atoms with Gasteiger partial charge in [-0.05, 0) is 29.8 Å². The van der Waals surface area contributed by atoms with Crippen molar-refractivity contribution >= 4 is 15.4 Å². The molecule has 2 heterocycles. The van der Waals surface area contributed by atoms with Gasteiger partial charge in [0.25, 0.3) is 0 Å². The Kier molecular flexibility index (Phi) is 4.39. The standard InChI is InChI=1S/C16H15FN4O2S/c1-11-19-16(20-23-11)15-8-7-14(9-18-15)21-24(2,22)10-12-3-5-13(17)6-4-12/h3-9H,10H2,1-2H3. The van der Waals surface area contributed by atoms with E-state index in [9.17, 15) is 8.60 Å². The molecule has 1 aromatic carbocycles. The van der Waals surface area contributed by atoms with Crippen LogP contribution in [-0.4, -0.2) is 25.6 Å². The van der Waals surface area contributed by atoms with Gasteiger partial charge < -0.3 is 4.52 Å². The minimum absolute atomic E-state index is 0.235. The number of hydrogen-bond donors (Lipinski definition) is 0. The lowest BCUT2D eigenvalue weighted by Gasteiger charge is -2.05. The van der Waals surface area contributed by atoms with Crippen LogP contribution in [0.1, 0.15) is 11.5 Å². The van der Waals surface area contributed by atoms with E-state index in [1.807, 2.05) is 0 Å². The van der Waals surface area contributed by atoms with Crippen molar-refractivity contribution in [3.05, 3.63) is 59.9 Å². The fourth-order valence-electron chi connectivity index (χ4n) is 2.12. The second kappa shape index (κ2) is 6.48. The molecule has 2 aromatic heterocycles. The highest BCUT2D eigenvalue weighted by Crippen LogP contribution is 2.19. The number of aromatic nitrogens is 3. The summed E-state index contributed by atoms with van der Waals surface area (Å²) in [5, 5.41) is 3.79. The van der Waals surface area contributed by atoms with Gasteiger partial charge in [0.2, 0.25) is 11.7 Å². The minimum Gasteiger partial charge on any atom is -0.339 e. The molecule has 0 radical (unpaired) electrons. The Morgan fingerprint density at radius 2 is 1.96 bits per heavy atom. The second-order valence-corrected chi connectivity index (χ2v) is 7.75. The van der Waals surface area contributed by atoms with Gasteiger partial charge >= 0.3 is 0 Å². The van der Waals surface area contributed by atoms with Crippen LogP contribution >= 0.6 is 0 Å². The third kappa shape index (κ3) is 4.02. The number of aryl methyl sites for hydroxylation is 1. The van der Waals surface area contributed by atoms with Crippen LogP contribution in [0, 0.1) is 12.7 Å². The zero-order valence-electron chi connectivity index (χ0n) is 13.1. The van der Waals surface area contributed by atoms with Crippen LogP contribution in [0.15, 0.2) is 51.5 Å². The maximum atomic E-state index is 12.9. The molecular formula is C16H15FN4O2S. The Morgan fingerprint density at radius 1 is 1.21 bits per heavy atom. The molecule has 0 aliphatic rings. The lowest BCUT2D eigenvalue weighted by atomic mass is 10.2. The molecule has 0 spiro atoms. The third-order valence-electron chi connectivity index (χ3n) is 3.15. The first-order valence-electron chi connectivity index (χ1n) is 7.12. The predicted octanol–water partition coefficient (Wildman–Crippen LogP) is 3.51. The smallest absolute Gasteiger partial charge is 0.223 e. The molecule has 0 amide bonds. The zero-order valence-corrected chi connectivity index (χ0v) is 14.0. The van der Waals surface area contributed by atoms with E-state index >= 15 is 0 Å². The van der Waals surface area contributed by atoms with Crippen molar-refractivity contribution in [2.45, 2.75) is 12.7 Å². The van der Waals surface area contributed by atoms with E-state index in [0.717, 1.165) is 5.56 Å². The number of pyridine rings is 1. The van der Waals surface area contributed by atoms with Crippen molar-refractivity contribution in [3.8, 4) is 11.5 Å². The molecule has 0 fully saturated rings. The van der Waals surface area contributed by atoms with Gasteiger partial charge in [0, 0.05) is 13.2 Å². The van der Waals surface area contributed by atoms with E-state index in [0.29, 0.717) is 23.1 Å². The molecule has 1 unspecified atom stereocenters. The number of benzene rings is 1. The molecule has 8 heteroatoms. The molecule has 3 rings (SSSR count). The lowest BCUT2D eigenvalue weighted by molar-refractivity contribution is 0.394. The summed E-state index contributed by atoms with van der Waals surface area (Å²) in [7, 11) is -2.51. The Balaban J connectivity index is 1.81. The predicted molar refractivity (Wildman–Crippen MR) is 88.5 cm³/mol. The molecule has 0 aliphatic heterocycles. The van der Waals surface area contributed by atoms with Crippen LogP contribution in [0.4, 0.5) is 10.1 Å². The molecule has 24 heavy (non-hydrogen) atoms. The minimum atomic E-state index is -2.51. The first-order valence-corrected chi connectivity index (χ1v) is 9.21. The molecule has 0 saturated carbocycles. The van der Waals surface area contributed by atoms with Crippen molar-refractivity contribution < 1.29 is 13.1 Å². The van der Waals surface area contributed by atoms with Crippen LogP contribution in [0.3, 0.4) is 0 Å². The van der Waals surface area contributed by atoms with E-state index in [4.69, 9.17) is 4.52 Å². The van der Waals surface area contributed by atoms with Crippen LogP contribution in [0.2, 0.25) is 0 Å². The summed E-state index contributed by atoms with van der Waals surface area (Å²) in [6.07, 6.45) is 3.07. The van der Waals surface area contributed by atoms with Crippen molar-refractivity contribution in [1.29, 1.82) is 0 Å². The van der Waals surface area contributed by atoms with Crippen molar-refractivity contribution in [2.75, 3.05) is 6.26 Å². The van der Waals surface area contributed by atoms with Crippen LogP contribution in [0.25, 0.3) is 11.5 Å². The topological polar surface area (TPSA) is 81.2 Å². The first-order chi connectivity index (χ1) is 11.4.